The lowest BCUT2D eigenvalue weighted by molar-refractivity contribution is 0.112. The molecule has 1 saturated heterocycles. The fraction of sp³-hybridized carbons (Fsp3) is 1.00. The van der Waals surface area contributed by atoms with E-state index in [-0.39, 0.29) is 5.41 Å². The molecule has 1 saturated carbocycles. The van der Waals surface area contributed by atoms with Crippen molar-refractivity contribution in [2.75, 3.05) is 19.7 Å². The van der Waals surface area contributed by atoms with Gasteiger partial charge in [0.2, 0.25) is 0 Å². The molecular weight excluding hydrogens is 174 g/mol. The molecule has 0 spiro atoms. The van der Waals surface area contributed by atoms with Crippen molar-refractivity contribution >= 4 is 0 Å². The van der Waals surface area contributed by atoms with Gasteiger partial charge in [-0.05, 0) is 18.8 Å². The Morgan fingerprint density at radius 3 is 2.50 bits per heavy atom. The first-order valence-electron chi connectivity index (χ1n) is 6.00. The molecule has 1 aliphatic carbocycles. The summed E-state index contributed by atoms with van der Waals surface area (Å²) in [4.78, 5) is 2.62. The Hall–Kier alpha value is -0.0800. The number of hydrogen-bond acceptors (Lipinski definition) is 2. The van der Waals surface area contributed by atoms with Crippen molar-refractivity contribution in [2.45, 2.75) is 45.6 Å². The van der Waals surface area contributed by atoms with E-state index < -0.39 is 0 Å². The zero-order chi connectivity index (χ0) is 10.2. The van der Waals surface area contributed by atoms with Gasteiger partial charge in [-0.25, -0.2) is 0 Å². The number of nitrogens with zero attached hydrogens (tertiary/aromatic N) is 1. The van der Waals surface area contributed by atoms with Crippen LogP contribution in [0.4, 0.5) is 0 Å². The highest BCUT2D eigenvalue weighted by Gasteiger charge is 2.42. The monoisotopic (exact) mass is 197 g/mol. The van der Waals surface area contributed by atoms with Crippen LogP contribution < -0.4 is 0 Å². The van der Waals surface area contributed by atoms with Gasteiger partial charge in [-0.1, -0.05) is 26.7 Å². The van der Waals surface area contributed by atoms with Gasteiger partial charge in [-0.3, -0.25) is 4.90 Å². The van der Waals surface area contributed by atoms with Crippen LogP contribution in [0.3, 0.4) is 0 Å². The molecule has 2 unspecified atom stereocenters. The van der Waals surface area contributed by atoms with E-state index in [1.54, 1.807) is 0 Å². The number of likely N-dealkylation sites (tertiary alicyclic amines) is 1. The molecule has 1 aliphatic heterocycles. The number of hydrogen-bond donors (Lipinski definition) is 1. The molecule has 14 heavy (non-hydrogen) atoms. The summed E-state index contributed by atoms with van der Waals surface area (Å²) in [6, 6.07) is 0.825. The van der Waals surface area contributed by atoms with Gasteiger partial charge >= 0.3 is 0 Å². The molecule has 0 aromatic rings. The van der Waals surface area contributed by atoms with E-state index in [9.17, 15) is 5.11 Å². The first-order valence-corrected chi connectivity index (χ1v) is 6.00. The molecule has 2 aliphatic rings. The molecule has 1 N–H and O–H groups in total. The molecule has 2 fully saturated rings. The molecule has 0 bridgehead atoms. The summed E-state index contributed by atoms with van der Waals surface area (Å²) >= 11 is 0. The molecular formula is C12H23NO. The molecule has 2 nitrogen and oxygen atoms in total. The minimum absolute atomic E-state index is 0.155. The van der Waals surface area contributed by atoms with Crippen molar-refractivity contribution in [3.8, 4) is 0 Å². The quantitative estimate of drug-likeness (QED) is 0.730. The maximum absolute atomic E-state index is 9.43. The van der Waals surface area contributed by atoms with Crippen LogP contribution in [-0.2, 0) is 0 Å². The van der Waals surface area contributed by atoms with Crippen LogP contribution in [0.5, 0.6) is 0 Å². The second-order valence-electron chi connectivity index (χ2n) is 5.58. The van der Waals surface area contributed by atoms with Crippen molar-refractivity contribution in [3.63, 3.8) is 0 Å². The third-order valence-electron chi connectivity index (χ3n) is 4.46. The van der Waals surface area contributed by atoms with E-state index in [4.69, 9.17) is 0 Å². The third kappa shape index (κ3) is 1.70. The smallest absolute Gasteiger partial charge is 0.0500 e. The summed E-state index contributed by atoms with van der Waals surface area (Å²) in [7, 11) is 0. The molecule has 0 aromatic carbocycles. The minimum atomic E-state index is 0.155. The van der Waals surface area contributed by atoms with Crippen LogP contribution in [0.15, 0.2) is 0 Å². The lowest BCUT2D eigenvalue weighted by atomic mass is 9.82. The standard InChI is InChI=1S/C12H23NO/c1-10-7-13(8-12(10,2)9-14)11-5-3-4-6-11/h10-11,14H,3-9H2,1-2H3. The third-order valence-corrected chi connectivity index (χ3v) is 4.46. The highest BCUT2D eigenvalue weighted by atomic mass is 16.3. The maximum atomic E-state index is 9.43. The van der Waals surface area contributed by atoms with Crippen LogP contribution in [-0.4, -0.2) is 35.7 Å². The van der Waals surface area contributed by atoms with Crippen molar-refractivity contribution in [1.82, 2.24) is 4.90 Å². The van der Waals surface area contributed by atoms with Crippen molar-refractivity contribution in [2.24, 2.45) is 11.3 Å². The van der Waals surface area contributed by atoms with Crippen LogP contribution in [0.1, 0.15) is 39.5 Å². The van der Waals surface area contributed by atoms with Gasteiger partial charge in [0.1, 0.15) is 0 Å². The molecule has 0 radical (unpaired) electrons. The van der Waals surface area contributed by atoms with E-state index >= 15 is 0 Å². The molecule has 2 atom stereocenters. The minimum Gasteiger partial charge on any atom is -0.396 e. The van der Waals surface area contributed by atoms with E-state index in [1.807, 2.05) is 0 Å². The second kappa shape index (κ2) is 3.82. The molecule has 2 rings (SSSR count). The molecule has 82 valence electrons. The number of aliphatic hydroxyl groups excluding tert-OH is 1. The van der Waals surface area contributed by atoms with Gasteiger partial charge in [0.15, 0.2) is 0 Å². The largest absolute Gasteiger partial charge is 0.396 e. The van der Waals surface area contributed by atoms with Crippen LogP contribution in [0, 0.1) is 11.3 Å². The molecule has 0 aromatic heterocycles. The van der Waals surface area contributed by atoms with Crippen molar-refractivity contribution in [3.05, 3.63) is 0 Å². The fourth-order valence-corrected chi connectivity index (χ4v) is 3.01. The van der Waals surface area contributed by atoms with Crippen molar-refractivity contribution < 1.29 is 5.11 Å². The Bertz CT molecular complexity index is 200. The molecule has 1 heterocycles. The second-order valence-corrected chi connectivity index (χ2v) is 5.58. The Labute approximate surface area is 87.3 Å². The Morgan fingerprint density at radius 2 is 2.00 bits per heavy atom. The fourth-order valence-electron chi connectivity index (χ4n) is 3.01. The first kappa shape index (κ1) is 10.4. The van der Waals surface area contributed by atoms with Gasteiger partial charge in [0, 0.05) is 31.2 Å². The summed E-state index contributed by atoms with van der Waals surface area (Å²) in [5, 5.41) is 9.43. The number of aliphatic hydroxyl groups is 1. The maximum Gasteiger partial charge on any atom is 0.0500 e. The van der Waals surface area contributed by atoms with Gasteiger partial charge < -0.3 is 5.11 Å². The van der Waals surface area contributed by atoms with Crippen LogP contribution in [0.25, 0.3) is 0 Å². The van der Waals surface area contributed by atoms with E-state index in [1.165, 1.54) is 32.2 Å². The van der Waals surface area contributed by atoms with Crippen LogP contribution >= 0.6 is 0 Å². The molecule has 0 amide bonds. The predicted molar refractivity (Wildman–Crippen MR) is 58.2 cm³/mol. The zero-order valence-corrected chi connectivity index (χ0v) is 9.50. The Kier molecular flexibility index (Phi) is 2.85. The topological polar surface area (TPSA) is 23.5 Å². The van der Waals surface area contributed by atoms with Gasteiger partial charge in [0.25, 0.3) is 0 Å². The summed E-state index contributed by atoms with van der Waals surface area (Å²) in [6.45, 7) is 7.16. The van der Waals surface area contributed by atoms with Gasteiger partial charge in [-0.2, -0.15) is 0 Å². The Morgan fingerprint density at radius 1 is 1.36 bits per heavy atom. The predicted octanol–water partition coefficient (Wildman–Crippen LogP) is 1.88. The normalized spacial score (nSPS) is 40.9. The van der Waals surface area contributed by atoms with Crippen molar-refractivity contribution in [1.29, 1.82) is 0 Å². The lowest BCUT2D eigenvalue weighted by Gasteiger charge is -2.27. The number of rotatable bonds is 2. The van der Waals surface area contributed by atoms with E-state index in [0.29, 0.717) is 12.5 Å². The summed E-state index contributed by atoms with van der Waals surface area (Å²) in [5.41, 5.74) is 0.155. The Balaban J connectivity index is 1.98. The average Bonchev–Trinajstić information content (AvgIpc) is 2.76. The summed E-state index contributed by atoms with van der Waals surface area (Å²) in [5.74, 6) is 0.646. The van der Waals surface area contributed by atoms with Gasteiger partial charge in [0.05, 0.1) is 0 Å². The van der Waals surface area contributed by atoms with Gasteiger partial charge in [-0.15, -0.1) is 0 Å². The lowest BCUT2D eigenvalue weighted by Crippen LogP contribution is -2.34. The first-order chi connectivity index (χ1) is 6.65. The zero-order valence-electron chi connectivity index (χ0n) is 9.50. The van der Waals surface area contributed by atoms with E-state index in [2.05, 4.69) is 18.7 Å². The van der Waals surface area contributed by atoms with Crippen LogP contribution in [0.2, 0.25) is 0 Å². The molecule has 2 heteroatoms. The highest BCUT2D eigenvalue weighted by molar-refractivity contribution is 4.94. The summed E-state index contributed by atoms with van der Waals surface area (Å²) < 4.78 is 0. The summed E-state index contributed by atoms with van der Waals surface area (Å²) in [6.07, 6.45) is 5.58. The SMILES string of the molecule is CC1CN(C2CCCC2)CC1(C)CO. The average molecular weight is 197 g/mol. The highest BCUT2D eigenvalue weighted by Crippen LogP contribution is 2.38. The van der Waals surface area contributed by atoms with E-state index in [0.717, 1.165) is 12.6 Å².